The minimum absolute atomic E-state index is 0.0980. The zero-order valence-corrected chi connectivity index (χ0v) is 12.8. The molecule has 5 nitrogen and oxygen atoms in total. The van der Waals surface area contributed by atoms with Crippen LogP contribution in [0.4, 0.5) is 0 Å². The molecule has 20 heavy (non-hydrogen) atoms. The number of hydrogen-bond donors (Lipinski definition) is 1. The van der Waals surface area contributed by atoms with Crippen molar-refractivity contribution in [2.24, 2.45) is 5.92 Å². The van der Waals surface area contributed by atoms with Gasteiger partial charge in [0.1, 0.15) is 12.2 Å². The molecule has 1 fully saturated rings. The Morgan fingerprint density at radius 1 is 1.60 bits per heavy atom. The van der Waals surface area contributed by atoms with Crippen molar-refractivity contribution in [2.45, 2.75) is 58.0 Å². The molecule has 1 heterocycles. The van der Waals surface area contributed by atoms with Gasteiger partial charge in [-0.3, -0.25) is 4.79 Å². The molecule has 1 saturated heterocycles. The van der Waals surface area contributed by atoms with Crippen LogP contribution < -0.4 is 0 Å². The van der Waals surface area contributed by atoms with Gasteiger partial charge in [-0.25, -0.2) is 0 Å². The predicted octanol–water partition coefficient (Wildman–Crippen LogP) is 2.03. The lowest BCUT2D eigenvalue weighted by Crippen LogP contribution is -2.56. The Hall–Kier alpha value is -0.910. The van der Waals surface area contributed by atoms with Gasteiger partial charge in [-0.05, 0) is 19.8 Å². The molecule has 0 aliphatic carbocycles. The normalized spacial score (nSPS) is 25.0. The molecular formula is C15H26O5. The second kappa shape index (κ2) is 6.70. The standard InChI is InChI=1S/C15H26O5/c1-6-8-18-13(16)10-15(17,11(2)3)12-7-9-19-14(4,5)20-12/h6,11-12,17H,1,7-10H2,2-5H3/t12?,15-/m0/s1. The SMILES string of the molecule is C=CCOC(=O)C[C@](O)(C(C)C)C1CCOC(C)(C)O1. The van der Waals surface area contributed by atoms with Gasteiger partial charge < -0.3 is 19.3 Å². The summed E-state index contributed by atoms with van der Waals surface area (Å²) in [6, 6.07) is 0. The van der Waals surface area contributed by atoms with Gasteiger partial charge in [0.2, 0.25) is 0 Å². The van der Waals surface area contributed by atoms with Crippen LogP contribution in [-0.4, -0.2) is 41.8 Å². The van der Waals surface area contributed by atoms with Crippen molar-refractivity contribution in [3.63, 3.8) is 0 Å². The second-order valence-corrected chi connectivity index (χ2v) is 5.94. The molecule has 0 bridgehead atoms. The van der Waals surface area contributed by atoms with Crippen LogP contribution in [0.25, 0.3) is 0 Å². The highest BCUT2D eigenvalue weighted by Crippen LogP contribution is 2.35. The molecule has 0 aromatic carbocycles. The van der Waals surface area contributed by atoms with Gasteiger partial charge in [0.15, 0.2) is 5.79 Å². The lowest BCUT2D eigenvalue weighted by atomic mass is 9.80. The predicted molar refractivity (Wildman–Crippen MR) is 75.1 cm³/mol. The fourth-order valence-electron chi connectivity index (χ4n) is 2.32. The molecule has 116 valence electrons. The highest BCUT2D eigenvalue weighted by atomic mass is 16.7. The van der Waals surface area contributed by atoms with E-state index >= 15 is 0 Å². The molecule has 0 aromatic heterocycles. The number of rotatable bonds is 6. The average molecular weight is 286 g/mol. The van der Waals surface area contributed by atoms with E-state index in [1.54, 1.807) is 13.8 Å². The highest BCUT2D eigenvalue weighted by molar-refractivity contribution is 5.71. The van der Waals surface area contributed by atoms with E-state index in [0.717, 1.165) is 0 Å². The molecule has 0 spiro atoms. The van der Waals surface area contributed by atoms with Crippen molar-refractivity contribution in [1.29, 1.82) is 0 Å². The quantitative estimate of drug-likeness (QED) is 0.598. The Balaban J connectivity index is 2.80. The Morgan fingerprint density at radius 3 is 2.75 bits per heavy atom. The topological polar surface area (TPSA) is 65.0 Å². The number of aliphatic hydroxyl groups is 1. The number of esters is 1. The largest absolute Gasteiger partial charge is 0.461 e. The molecule has 0 aromatic rings. The molecule has 1 rings (SSSR count). The van der Waals surface area contributed by atoms with Crippen LogP contribution in [0.3, 0.4) is 0 Å². The van der Waals surface area contributed by atoms with Gasteiger partial charge in [-0.15, -0.1) is 0 Å². The first-order valence-electron chi connectivity index (χ1n) is 7.02. The summed E-state index contributed by atoms with van der Waals surface area (Å²) in [5, 5.41) is 10.9. The van der Waals surface area contributed by atoms with Crippen LogP contribution in [0.15, 0.2) is 12.7 Å². The number of hydrogen-bond acceptors (Lipinski definition) is 5. The van der Waals surface area contributed by atoms with Crippen molar-refractivity contribution < 1.29 is 24.1 Å². The molecule has 2 atom stereocenters. The van der Waals surface area contributed by atoms with Crippen LogP contribution >= 0.6 is 0 Å². The van der Waals surface area contributed by atoms with E-state index in [-0.39, 0.29) is 18.9 Å². The first-order valence-corrected chi connectivity index (χ1v) is 7.02. The van der Waals surface area contributed by atoms with Gasteiger partial charge in [-0.2, -0.15) is 0 Å². The Bertz CT molecular complexity index is 350. The third-order valence-electron chi connectivity index (χ3n) is 3.60. The third-order valence-corrected chi connectivity index (χ3v) is 3.60. The number of carbonyl (C=O) groups is 1. The minimum Gasteiger partial charge on any atom is -0.461 e. The lowest BCUT2D eigenvalue weighted by molar-refractivity contribution is -0.310. The summed E-state index contributed by atoms with van der Waals surface area (Å²) < 4.78 is 16.3. The average Bonchev–Trinajstić information content (AvgIpc) is 2.34. The van der Waals surface area contributed by atoms with Gasteiger partial charge >= 0.3 is 5.97 Å². The molecule has 1 aliphatic rings. The molecule has 0 saturated carbocycles. The molecule has 0 amide bonds. The summed E-state index contributed by atoms with van der Waals surface area (Å²) >= 11 is 0. The Kier molecular flexibility index (Phi) is 5.74. The molecule has 5 heteroatoms. The summed E-state index contributed by atoms with van der Waals surface area (Å²) in [5.74, 6) is -1.34. The van der Waals surface area contributed by atoms with E-state index in [1.807, 2.05) is 13.8 Å². The second-order valence-electron chi connectivity index (χ2n) is 5.94. The third kappa shape index (κ3) is 4.30. The maximum absolute atomic E-state index is 11.8. The first kappa shape index (κ1) is 17.1. The number of carbonyl (C=O) groups excluding carboxylic acids is 1. The summed E-state index contributed by atoms with van der Waals surface area (Å²) in [6.07, 6.45) is 1.49. The van der Waals surface area contributed by atoms with Crippen molar-refractivity contribution in [3.05, 3.63) is 12.7 Å². The van der Waals surface area contributed by atoms with Gasteiger partial charge in [0, 0.05) is 6.42 Å². The smallest absolute Gasteiger partial charge is 0.309 e. The van der Waals surface area contributed by atoms with E-state index in [1.165, 1.54) is 6.08 Å². The minimum atomic E-state index is -1.26. The van der Waals surface area contributed by atoms with Crippen molar-refractivity contribution in [1.82, 2.24) is 0 Å². The Labute approximate surface area is 120 Å². The van der Waals surface area contributed by atoms with Crippen LogP contribution in [-0.2, 0) is 19.0 Å². The van der Waals surface area contributed by atoms with Crippen LogP contribution in [0, 0.1) is 5.92 Å². The molecule has 0 radical (unpaired) electrons. The van der Waals surface area contributed by atoms with Gasteiger partial charge in [0.25, 0.3) is 0 Å². The number of ether oxygens (including phenoxy) is 3. The van der Waals surface area contributed by atoms with Crippen molar-refractivity contribution in [3.8, 4) is 0 Å². The van der Waals surface area contributed by atoms with Crippen LogP contribution in [0.1, 0.15) is 40.5 Å². The lowest BCUT2D eigenvalue weighted by Gasteiger charge is -2.45. The van der Waals surface area contributed by atoms with Crippen molar-refractivity contribution >= 4 is 5.97 Å². The summed E-state index contributed by atoms with van der Waals surface area (Å²) in [4.78, 5) is 11.8. The summed E-state index contributed by atoms with van der Waals surface area (Å²) in [5.41, 5.74) is -1.26. The summed E-state index contributed by atoms with van der Waals surface area (Å²) in [7, 11) is 0. The van der Waals surface area contributed by atoms with Crippen LogP contribution in [0.2, 0.25) is 0 Å². The monoisotopic (exact) mass is 286 g/mol. The highest BCUT2D eigenvalue weighted by Gasteiger charge is 2.47. The van der Waals surface area contributed by atoms with E-state index in [0.29, 0.717) is 13.0 Å². The van der Waals surface area contributed by atoms with Crippen LogP contribution in [0.5, 0.6) is 0 Å². The maximum atomic E-state index is 11.8. The van der Waals surface area contributed by atoms with E-state index in [9.17, 15) is 9.90 Å². The van der Waals surface area contributed by atoms with E-state index < -0.39 is 23.5 Å². The summed E-state index contributed by atoms with van der Waals surface area (Å²) in [6.45, 7) is 11.5. The molecular weight excluding hydrogens is 260 g/mol. The fraction of sp³-hybridized carbons (Fsp3) is 0.800. The first-order chi connectivity index (χ1) is 9.21. The zero-order chi connectivity index (χ0) is 15.4. The maximum Gasteiger partial charge on any atom is 0.309 e. The van der Waals surface area contributed by atoms with E-state index in [2.05, 4.69) is 6.58 Å². The van der Waals surface area contributed by atoms with Gasteiger partial charge in [-0.1, -0.05) is 26.5 Å². The van der Waals surface area contributed by atoms with E-state index in [4.69, 9.17) is 14.2 Å². The molecule has 1 unspecified atom stereocenters. The fourth-order valence-corrected chi connectivity index (χ4v) is 2.32. The Morgan fingerprint density at radius 2 is 2.25 bits per heavy atom. The van der Waals surface area contributed by atoms with Gasteiger partial charge in [0.05, 0.1) is 19.1 Å². The van der Waals surface area contributed by atoms with Crippen molar-refractivity contribution in [2.75, 3.05) is 13.2 Å². The zero-order valence-electron chi connectivity index (χ0n) is 12.8. The molecule has 1 N–H and O–H groups in total. The molecule has 1 aliphatic heterocycles.